The molecule has 0 unspecified atom stereocenters. The zero-order valence-electron chi connectivity index (χ0n) is 13.7. The first-order chi connectivity index (χ1) is 10.6. The third kappa shape index (κ3) is 4.69. The van der Waals surface area contributed by atoms with Gasteiger partial charge in [-0.2, -0.15) is 4.98 Å². The van der Waals surface area contributed by atoms with Crippen molar-refractivity contribution in [3.8, 4) is 0 Å². The van der Waals surface area contributed by atoms with Gasteiger partial charge in [-0.3, -0.25) is 0 Å². The van der Waals surface area contributed by atoms with Gasteiger partial charge in [0.25, 0.3) is 0 Å². The van der Waals surface area contributed by atoms with E-state index in [2.05, 4.69) is 22.4 Å². The topological polar surface area (TPSA) is 80.5 Å². The zero-order valence-corrected chi connectivity index (χ0v) is 13.7. The van der Waals surface area contributed by atoms with E-state index in [9.17, 15) is 4.79 Å². The minimum absolute atomic E-state index is 0.0812. The predicted octanol–water partition coefficient (Wildman–Crippen LogP) is 2.15. The first-order valence-corrected chi connectivity index (χ1v) is 8.03. The first kappa shape index (κ1) is 16.7. The van der Waals surface area contributed by atoms with Gasteiger partial charge in [-0.1, -0.05) is 25.9 Å². The smallest absolute Gasteiger partial charge is 0.317 e. The van der Waals surface area contributed by atoms with E-state index < -0.39 is 0 Å². The Balaban J connectivity index is 1.71. The first-order valence-electron chi connectivity index (χ1n) is 8.03. The SMILES string of the molecule is CCCOC[C@H]1CCN(C(=O)NCc2nc(C(C)C)no2)C1. The molecule has 0 aliphatic carbocycles. The van der Waals surface area contributed by atoms with Crippen LogP contribution in [0.4, 0.5) is 4.79 Å². The second-order valence-corrected chi connectivity index (χ2v) is 6.04. The van der Waals surface area contributed by atoms with Crippen LogP contribution in [0.15, 0.2) is 4.52 Å². The van der Waals surface area contributed by atoms with Crippen molar-refractivity contribution in [2.24, 2.45) is 5.92 Å². The van der Waals surface area contributed by atoms with Gasteiger partial charge in [0.2, 0.25) is 5.89 Å². The van der Waals surface area contributed by atoms with E-state index in [1.165, 1.54) is 0 Å². The summed E-state index contributed by atoms with van der Waals surface area (Å²) in [4.78, 5) is 18.2. The van der Waals surface area contributed by atoms with Crippen molar-refractivity contribution in [3.05, 3.63) is 11.7 Å². The van der Waals surface area contributed by atoms with Crippen molar-refractivity contribution in [1.29, 1.82) is 0 Å². The standard InChI is InChI=1S/C15H26N4O3/c1-4-7-21-10-12-5-6-19(9-12)15(20)16-8-13-17-14(11(2)3)18-22-13/h11-12H,4-10H2,1-3H3,(H,16,20)/t12-/m0/s1. The van der Waals surface area contributed by atoms with E-state index in [1.54, 1.807) is 0 Å². The van der Waals surface area contributed by atoms with E-state index in [4.69, 9.17) is 9.26 Å². The normalized spacial score (nSPS) is 18.2. The zero-order chi connectivity index (χ0) is 15.9. The number of nitrogens with one attached hydrogen (secondary N) is 1. The molecule has 7 nitrogen and oxygen atoms in total. The van der Waals surface area contributed by atoms with E-state index in [0.29, 0.717) is 17.6 Å². The molecule has 1 aromatic rings. The lowest BCUT2D eigenvalue weighted by Gasteiger charge is -2.16. The molecule has 2 amide bonds. The monoisotopic (exact) mass is 310 g/mol. The molecule has 0 aromatic carbocycles. The summed E-state index contributed by atoms with van der Waals surface area (Å²) >= 11 is 0. The van der Waals surface area contributed by atoms with E-state index in [1.807, 2.05) is 18.7 Å². The molecule has 1 fully saturated rings. The Labute approximate surface area is 131 Å². The van der Waals surface area contributed by atoms with E-state index in [-0.39, 0.29) is 18.5 Å². The molecule has 2 rings (SSSR count). The summed E-state index contributed by atoms with van der Waals surface area (Å²) in [5, 5.41) is 6.71. The van der Waals surface area contributed by atoms with Crippen LogP contribution in [0.1, 0.15) is 51.2 Å². The highest BCUT2D eigenvalue weighted by Gasteiger charge is 2.26. The van der Waals surface area contributed by atoms with Crippen LogP contribution in [0.3, 0.4) is 0 Å². The van der Waals surface area contributed by atoms with Gasteiger partial charge in [0.15, 0.2) is 5.82 Å². The maximum Gasteiger partial charge on any atom is 0.317 e. The van der Waals surface area contributed by atoms with Gasteiger partial charge in [0.1, 0.15) is 0 Å². The maximum atomic E-state index is 12.1. The van der Waals surface area contributed by atoms with Crippen LogP contribution < -0.4 is 5.32 Å². The third-order valence-electron chi connectivity index (χ3n) is 3.67. The number of ether oxygens (including phenoxy) is 1. The molecule has 1 N–H and O–H groups in total. The second kappa shape index (κ2) is 8.12. The fraction of sp³-hybridized carbons (Fsp3) is 0.800. The van der Waals surface area contributed by atoms with Gasteiger partial charge in [0.05, 0.1) is 13.2 Å². The third-order valence-corrected chi connectivity index (χ3v) is 3.67. The lowest BCUT2D eigenvalue weighted by molar-refractivity contribution is 0.102. The van der Waals surface area contributed by atoms with Crippen LogP contribution in [-0.4, -0.2) is 47.4 Å². The van der Waals surface area contributed by atoms with Gasteiger partial charge in [-0.25, -0.2) is 4.79 Å². The van der Waals surface area contributed by atoms with Crippen molar-refractivity contribution in [1.82, 2.24) is 20.4 Å². The summed E-state index contributed by atoms with van der Waals surface area (Å²) < 4.78 is 10.7. The van der Waals surface area contributed by atoms with Crippen LogP contribution >= 0.6 is 0 Å². The Morgan fingerprint density at radius 1 is 1.55 bits per heavy atom. The highest BCUT2D eigenvalue weighted by Crippen LogP contribution is 2.16. The van der Waals surface area contributed by atoms with Crippen molar-refractivity contribution in [3.63, 3.8) is 0 Å². The fourth-order valence-electron chi connectivity index (χ4n) is 2.38. The van der Waals surface area contributed by atoms with Gasteiger partial charge in [0, 0.05) is 31.5 Å². The van der Waals surface area contributed by atoms with Crippen molar-refractivity contribution in [2.75, 3.05) is 26.3 Å². The highest BCUT2D eigenvalue weighted by atomic mass is 16.5. The molecule has 0 radical (unpaired) electrons. The minimum Gasteiger partial charge on any atom is -0.381 e. The lowest BCUT2D eigenvalue weighted by atomic mass is 10.1. The summed E-state index contributed by atoms with van der Waals surface area (Å²) in [6, 6.07) is -0.0812. The second-order valence-electron chi connectivity index (χ2n) is 6.04. The molecule has 22 heavy (non-hydrogen) atoms. The molecule has 7 heteroatoms. The molecular weight excluding hydrogens is 284 g/mol. The molecule has 124 valence electrons. The number of aromatic nitrogens is 2. The summed E-state index contributed by atoms with van der Waals surface area (Å²) in [6.45, 7) is 9.40. The van der Waals surface area contributed by atoms with Crippen LogP contribution in [0, 0.1) is 5.92 Å². The number of urea groups is 1. The quantitative estimate of drug-likeness (QED) is 0.781. The molecule has 0 saturated carbocycles. The Morgan fingerprint density at radius 3 is 3.05 bits per heavy atom. The molecule has 1 aliphatic rings. The molecule has 1 saturated heterocycles. The number of nitrogens with zero attached hydrogens (tertiary/aromatic N) is 3. The van der Waals surface area contributed by atoms with Gasteiger partial charge in [-0.05, 0) is 12.8 Å². The number of likely N-dealkylation sites (tertiary alicyclic amines) is 1. The van der Waals surface area contributed by atoms with E-state index >= 15 is 0 Å². The molecule has 1 aromatic heterocycles. The average molecular weight is 310 g/mol. The largest absolute Gasteiger partial charge is 0.381 e. The summed E-state index contributed by atoms with van der Waals surface area (Å²) in [5.41, 5.74) is 0. The number of rotatable bonds is 7. The minimum atomic E-state index is -0.0812. The Bertz CT molecular complexity index is 475. The van der Waals surface area contributed by atoms with Crippen molar-refractivity contribution < 1.29 is 14.1 Å². The number of amides is 2. The molecular formula is C15H26N4O3. The van der Waals surface area contributed by atoms with Gasteiger partial charge >= 0.3 is 6.03 Å². The summed E-state index contributed by atoms with van der Waals surface area (Å²) in [6.07, 6.45) is 2.02. The number of carbonyl (C=O) groups is 1. The van der Waals surface area contributed by atoms with Crippen molar-refractivity contribution in [2.45, 2.75) is 46.1 Å². The maximum absolute atomic E-state index is 12.1. The molecule has 2 heterocycles. The predicted molar refractivity (Wildman–Crippen MR) is 81.4 cm³/mol. The average Bonchev–Trinajstić information content (AvgIpc) is 3.14. The molecule has 0 bridgehead atoms. The molecule has 1 aliphatic heterocycles. The Hall–Kier alpha value is -1.63. The molecule has 0 spiro atoms. The Kier molecular flexibility index (Phi) is 6.18. The molecule has 1 atom stereocenters. The lowest BCUT2D eigenvalue weighted by Crippen LogP contribution is -2.38. The highest BCUT2D eigenvalue weighted by molar-refractivity contribution is 5.74. The summed E-state index contributed by atoms with van der Waals surface area (Å²) in [5.74, 6) is 1.77. The van der Waals surface area contributed by atoms with Gasteiger partial charge in [-0.15, -0.1) is 0 Å². The number of hydrogen-bond donors (Lipinski definition) is 1. The number of carbonyl (C=O) groups excluding carboxylic acids is 1. The van der Waals surface area contributed by atoms with E-state index in [0.717, 1.165) is 39.1 Å². The van der Waals surface area contributed by atoms with Gasteiger partial charge < -0.3 is 19.5 Å². The Morgan fingerprint density at radius 2 is 2.36 bits per heavy atom. The van der Waals surface area contributed by atoms with Crippen LogP contribution in [0.2, 0.25) is 0 Å². The summed E-state index contributed by atoms with van der Waals surface area (Å²) in [7, 11) is 0. The van der Waals surface area contributed by atoms with Crippen molar-refractivity contribution >= 4 is 6.03 Å². The van der Waals surface area contributed by atoms with Crippen LogP contribution in [-0.2, 0) is 11.3 Å². The van der Waals surface area contributed by atoms with Crippen LogP contribution in [0.25, 0.3) is 0 Å². The number of hydrogen-bond acceptors (Lipinski definition) is 5. The fourth-order valence-corrected chi connectivity index (χ4v) is 2.38. The van der Waals surface area contributed by atoms with Crippen LogP contribution in [0.5, 0.6) is 0 Å².